The van der Waals surface area contributed by atoms with Gasteiger partial charge in [0.1, 0.15) is 17.8 Å². The second-order valence-corrected chi connectivity index (χ2v) is 10.5. The van der Waals surface area contributed by atoms with Crippen molar-refractivity contribution in [3.8, 4) is 17.2 Å². The Kier molecular flexibility index (Phi) is 8.88. The van der Waals surface area contributed by atoms with Crippen LogP contribution in [0.3, 0.4) is 0 Å². The van der Waals surface area contributed by atoms with E-state index in [9.17, 15) is 9.59 Å². The molecule has 0 unspecified atom stereocenters. The molecule has 0 radical (unpaired) electrons. The third-order valence-corrected chi connectivity index (χ3v) is 7.91. The molecule has 0 saturated carbocycles. The van der Waals surface area contributed by atoms with E-state index in [-0.39, 0.29) is 17.9 Å². The predicted octanol–water partition coefficient (Wildman–Crippen LogP) is 3.06. The third kappa shape index (κ3) is 6.15. The van der Waals surface area contributed by atoms with Crippen molar-refractivity contribution < 1.29 is 23.8 Å². The zero-order valence-corrected chi connectivity index (χ0v) is 23.0. The van der Waals surface area contributed by atoms with E-state index in [0.29, 0.717) is 49.7 Å². The smallest absolute Gasteiger partial charge is 0.234 e. The number of ether oxygens (including phenoxy) is 3. The molecule has 2 aromatic rings. The van der Waals surface area contributed by atoms with Gasteiger partial charge in [0.25, 0.3) is 0 Å². The van der Waals surface area contributed by atoms with Crippen molar-refractivity contribution in [1.29, 1.82) is 0 Å². The van der Waals surface area contributed by atoms with E-state index >= 15 is 0 Å². The average Bonchev–Trinajstić information content (AvgIpc) is 3.34. The summed E-state index contributed by atoms with van der Waals surface area (Å²) in [5.41, 5.74) is 2.73. The van der Waals surface area contributed by atoms with Gasteiger partial charge in [0.05, 0.1) is 14.2 Å². The number of methoxy groups -OCH3 is 2. The molecule has 39 heavy (non-hydrogen) atoms. The molecule has 3 atom stereocenters. The van der Waals surface area contributed by atoms with Gasteiger partial charge in [0.2, 0.25) is 11.8 Å². The Bertz CT molecular complexity index is 1170. The normalized spacial score (nSPS) is 24.6. The molecule has 9 nitrogen and oxygen atoms in total. The minimum atomic E-state index is -0.505. The van der Waals surface area contributed by atoms with Gasteiger partial charge in [0, 0.05) is 37.7 Å². The molecule has 3 aliphatic heterocycles. The average molecular weight is 537 g/mol. The van der Waals surface area contributed by atoms with Gasteiger partial charge in [-0.3, -0.25) is 9.59 Å². The van der Waals surface area contributed by atoms with E-state index in [4.69, 9.17) is 14.2 Å². The van der Waals surface area contributed by atoms with Crippen LogP contribution in [0.2, 0.25) is 0 Å². The highest BCUT2D eigenvalue weighted by Crippen LogP contribution is 2.49. The molecule has 4 bridgehead atoms. The molecule has 3 heterocycles. The van der Waals surface area contributed by atoms with Gasteiger partial charge in [-0.05, 0) is 80.7 Å². The number of amides is 2. The molecular formula is C30H40N4O5. The molecule has 3 aliphatic rings. The fourth-order valence-electron chi connectivity index (χ4n) is 5.81. The number of hydrogen-bond acceptors (Lipinski definition) is 7. The number of rotatable bonds is 3. The number of carbonyl (C=O) groups is 2. The highest BCUT2D eigenvalue weighted by atomic mass is 16.5. The van der Waals surface area contributed by atoms with Crippen LogP contribution in [0.5, 0.6) is 17.2 Å². The largest absolute Gasteiger partial charge is 0.493 e. The van der Waals surface area contributed by atoms with Crippen LogP contribution in [0.25, 0.3) is 0 Å². The summed E-state index contributed by atoms with van der Waals surface area (Å²) in [6.45, 7) is 4.43. The number of benzene rings is 2. The van der Waals surface area contributed by atoms with Crippen molar-refractivity contribution >= 4 is 11.8 Å². The first-order valence-electron chi connectivity index (χ1n) is 14.1. The summed E-state index contributed by atoms with van der Waals surface area (Å²) in [5, 5.41) is 10.2. The van der Waals surface area contributed by atoms with E-state index in [0.717, 1.165) is 55.6 Å². The third-order valence-electron chi connectivity index (χ3n) is 7.91. The first-order valence-corrected chi connectivity index (χ1v) is 14.1. The zero-order valence-electron chi connectivity index (χ0n) is 23.0. The number of nitrogens with zero attached hydrogens (tertiary/aromatic N) is 1. The summed E-state index contributed by atoms with van der Waals surface area (Å²) in [4.78, 5) is 29.2. The number of hydrogen-bond donors (Lipinski definition) is 3. The Hall–Kier alpha value is -3.30. The highest BCUT2D eigenvalue weighted by Gasteiger charge is 2.43. The van der Waals surface area contributed by atoms with Crippen molar-refractivity contribution in [1.82, 2.24) is 20.9 Å². The Labute approximate surface area is 230 Å². The van der Waals surface area contributed by atoms with E-state index < -0.39 is 12.0 Å². The van der Waals surface area contributed by atoms with E-state index in [1.165, 1.54) is 0 Å². The van der Waals surface area contributed by atoms with Crippen LogP contribution in [0.4, 0.5) is 0 Å². The van der Waals surface area contributed by atoms with Crippen LogP contribution in [0.1, 0.15) is 66.9 Å². The molecule has 0 aromatic heterocycles. The van der Waals surface area contributed by atoms with E-state index in [2.05, 4.69) is 22.0 Å². The summed E-state index contributed by atoms with van der Waals surface area (Å²) < 4.78 is 17.5. The van der Waals surface area contributed by atoms with Crippen molar-refractivity contribution in [3.05, 3.63) is 53.1 Å². The van der Waals surface area contributed by atoms with Gasteiger partial charge < -0.3 is 35.1 Å². The minimum absolute atomic E-state index is 0.0172. The SMILES string of the molecule is COc1ccc([C@H]2Oc3ccc4cc3[C@@H]2C(=O)N2CCCCNCCCN[C@@H]4CC(=O)NCCC2)cc1OC. The number of fused-ring (bicyclic) bond motifs is 1. The van der Waals surface area contributed by atoms with Gasteiger partial charge in [-0.15, -0.1) is 0 Å². The summed E-state index contributed by atoms with van der Waals surface area (Å²) in [6, 6.07) is 11.6. The highest BCUT2D eigenvalue weighted by molar-refractivity contribution is 5.87. The Balaban J connectivity index is 1.59. The molecule has 0 fully saturated rings. The summed E-state index contributed by atoms with van der Waals surface area (Å²) in [5.74, 6) is 1.50. The maximum absolute atomic E-state index is 14.4. The van der Waals surface area contributed by atoms with Crippen molar-refractivity contribution in [2.75, 3.05) is 53.5 Å². The molecule has 2 aromatic carbocycles. The molecule has 0 saturated heterocycles. The van der Waals surface area contributed by atoms with Gasteiger partial charge in [-0.25, -0.2) is 0 Å². The topological polar surface area (TPSA) is 101 Å². The quantitative estimate of drug-likeness (QED) is 0.554. The van der Waals surface area contributed by atoms with E-state index in [1.807, 2.05) is 35.2 Å². The van der Waals surface area contributed by atoms with Crippen molar-refractivity contribution in [3.63, 3.8) is 0 Å². The molecular weight excluding hydrogens is 496 g/mol. The molecule has 210 valence electrons. The monoisotopic (exact) mass is 536 g/mol. The zero-order chi connectivity index (χ0) is 27.2. The van der Waals surface area contributed by atoms with Gasteiger partial charge in [-0.2, -0.15) is 0 Å². The molecule has 0 spiro atoms. The van der Waals surface area contributed by atoms with Crippen LogP contribution in [-0.2, 0) is 9.59 Å². The summed E-state index contributed by atoms with van der Waals surface area (Å²) in [6.07, 6.45) is 3.43. The Morgan fingerprint density at radius 3 is 2.49 bits per heavy atom. The summed E-state index contributed by atoms with van der Waals surface area (Å²) in [7, 11) is 3.21. The maximum Gasteiger partial charge on any atom is 0.234 e. The van der Waals surface area contributed by atoms with Gasteiger partial charge >= 0.3 is 0 Å². The van der Waals surface area contributed by atoms with Crippen molar-refractivity contribution in [2.45, 2.75) is 50.2 Å². The molecule has 5 rings (SSSR count). The van der Waals surface area contributed by atoms with Crippen LogP contribution in [0.15, 0.2) is 36.4 Å². The lowest BCUT2D eigenvalue weighted by Gasteiger charge is -2.28. The Morgan fingerprint density at radius 1 is 0.846 bits per heavy atom. The van der Waals surface area contributed by atoms with Crippen LogP contribution >= 0.6 is 0 Å². The number of carbonyl (C=O) groups excluding carboxylic acids is 2. The fourth-order valence-corrected chi connectivity index (χ4v) is 5.81. The predicted molar refractivity (Wildman–Crippen MR) is 148 cm³/mol. The standard InChI is InChI=1S/C30H40N4O5/c1-37-25-10-8-21(18-26(25)38-2)29-28-22-17-20(7-9-24(22)39-29)23-19-27(35)33-14-6-16-34(30(28)36)15-4-3-11-31-12-5-13-32-23/h7-10,17-18,23,28-29,31-32H,3-6,11-16,19H2,1-2H3,(H,33,35)/t23-,28+,29-/m1/s1. The lowest BCUT2D eigenvalue weighted by Crippen LogP contribution is -2.39. The van der Waals surface area contributed by atoms with Gasteiger partial charge in [-0.1, -0.05) is 12.1 Å². The van der Waals surface area contributed by atoms with Crippen molar-refractivity contribution in [2.24, 2.45) is 0 Å². The van der Waals surface area contributed by atoms with Crippen LogP contribution in [-0.4, -0.2) is 70.2 Å². The Morgan fingerprint density at radius 2 is 1.64 bits per heavy atom. The van der Waals surface area contributed by atoms with Gasteiger partial charge in [0.15, 0.2) is 11.5 Å². The van der Waals surface area contributed by atoms with Crippen LogP contribution < -0.4 is 30.2 Å². The molecule has 0 aliphatic carbocycles. The maximum atomic E-state index is 14.4. The second kappa shape index (κ2) is 12.7. The number of nitrogens with one attached hydrogen (secondary N) is 3. The first-order chi connectivity index (χ1) is 19.1. The lowest BCUT2D eigenvalue weighted by molar-refractivity contribution is -0.134. The second-order valence-electron chi connectivity index (χ2n) is 10.5. The van der Waals surface area contributed by atoms with E-state index in [1.54, 1.807) is 14.2 Å². The first kappa shape index (κ1) is 27.3. The molecule has 3 N–H and O–H groups in total. The minimum Gasteiger partial charge on any atom is -0.493 e. The fraction of sp³-hybridized carbons (Fsp3) is 0.533. The van der Waals surface area contributed by atoms with Crippen LogP contribution in [0, 0.1) is 0 Å². The summed E-state index contributed by atoms with van der Waals surface area (Å²) >= 11 is 0. The lowest BCUT2D eigenvalue weighted by atomic mass is 9.87. The molecule has 9 heteroatoms. The molecule has 2 amide bonds.